The fraction of sp³-hybridized carbons (Fsp3) is 0.440. The minimum absolute atomic E-state index is 0.0103. The molecule has 1 amide bonds. The van der Waals surface area contributed by atoms with Gasteiger partial charge in [-0.1, -0.05) is 38.1 Å². The third kappa shape index (κ3) is 8.59. The zero-order valence-corrected chi connectivity index (χ0v) is 19.8. The Morgan fingerprint density at radius 3 is 2.47 bits per heavy atom. The number of guanidine groups is 1. The molecule has 32 heavy (non-hydrogen) atoms. The van der Waals surface area contributed by atoms with Gasteiger partial charge in [0.1, 0.15) is 12.4 Å². The molecule has 0 unspecified atom stereocenters. The van der Waals surface area contributed by atoms with Crippen LogP contribution in [0, 0.1) is 12.8 Å². The summed E-state index contributed by atoms with van der Waals surface area (Å²) >= 11 is 0. The van der Waals surface area contributed by atoms with Crippen molar-refractivity contribution in [1.29, 1.82) is 0 Å². The van der Waals surface area contributed by atoms with Crippen molar-refractivity contribution < 1.29 is 14.3 Å². The first-order chi connectivity index (χ1) is 15.4. The molecule has 0 spiro atoms. The molecule has 2 aromatic rings. The molecular weight excluding hydrogens is 404 g/mol. The SMILES string of the molecule is CCNC(=NCc1ccc(NC(=O)C(C)C)cc1)NCc1ccc(C)cc1OCCOC. The molecule has 0 bridgehead atoms. The lowest BCUT2D eigenvalue weighted by Crippen LogP contribution is -2.36. The number of benzene rings is 2. The molecule has 0 atom stereocenters. The minimum atomic E-state index is -0.0487. The highest BCUT2D eigenvalue weighted by molar-refractivity contribution is 5.92. The summed E-state index contributed by atoms with van der Waals surface area (Å²) in [5, 5.41) is 9.56. The molecule has 0 aromatic heterocycles. The normalized spacial score (nSPS) is 11.4. The number of carbonyl (C=O) groups is 1. The van der Waals surface area contributed by atoms with Gasteiger partial charge < -0.3 is 25.4 Å². The first kappa shape index (κ1) is 25.2. The molecule has 0 aliphatic heterocycles. The number of hydrogen-bond acceptors (Lipinski definition) is 4. The zero-order chi connectivity index (χ0) is 23.3. The van der Waals surface area contributed by atoms with E-state index in [4.69, 9.17) is 9.47 Å². The fourth-order valence-electron chi connectivity index (χ4n) is 2.85. The Morgan fingerprint density at radius 1 is 1.06 bits per heavy atom. The van der Waals surface area contributed by atoms with Gasteiger partial charge in [0.25, 0.3) is 0 Å². The number of nitrogens with zero attached hydrogens (tertiary/aromatic N) is 1. The minimum Gasteiger partial charge on any atom is -0.491 e. The molecule has 2 rings (SSSR count). The van der Waals surface area contributed by atoms with Gasteiger partial charge in [0, 0.05) is 37.4 Å². The van der Waals surface area contributed by atoms with Crippen molar-refractivity contribution in [3.05, 3.63) is 59.2 Å². The Balaban J connectivity index is 1.99. The fourth-order valence-corrected chi connectivity index (χ4v) is 2.85. The molecule has 174 valence electrons. The Bertz CT molecular complexity index is 879. The van der Waals surface area contributed by atoms with Crippen molar-refractivity contribution >= 4 is 17.6 Å². The molecule has 2 aromatic carbocycles. The standard InChI is InChI=1S/C25H36N4O3/c1-6-26-25(27-16-20-8-11-22(12-9-20)29-24(30)18(2)3)28-17-21-10-7-19(4)15-23(21)32-14-13-31-5/h7-12,15,18H,6,13-14,16-17H2,1-5H3,(H,29,30)(H2,26,27,28). The summed E-state index contributed by atoms with van der Waals surface area (Å²) in [5.41, 5.74) is 4.06. The van der Waals surface area contributed by atoms with Crippen molar-refractivity contribution in [3.8, 4) is 5.75 Å². The third-order valence-electron chi connectivity index (χ3n) is 4.72. The van der Waals surface area contributed by atoms with Crippen molar-refractivity contribution in [2.75, 3.05) is 32.2 Å². The van der Waals surface area contributed by atoms with E-state index < -0.39 is 0 Å². The van der Waals surface area contributed by atoms with E-state index in [1.165, 1.54) is 0 Å². The van der Waals surface area contributed by atoms with Crippen LogP contribution in [-0.2, 0) is 22.6 Å². The zero-order valence-electron chi connectivity index (χ0n) is 19.8. The van der Waals surface area contributed by atoms with Gasteiger partial charge in [-0.05, 0) is 43.2 Å². The average Bonchev–Trinajstić information content (AvgIpc) is 2.77. The second kappa shape index (κ2) is 13.4. The van der Waals surface area contributed by atoms with Gasteiger partial charge in [0.15, 0.2) is 5.96 Å². The van der Waals surface area contributed by atoms with Gasteiger partial charge in [-0.2, -0.15) is 0 Å². The van der Waals surface area contributed by atoms with E-state index >= 15 is 0 Å². The molecule has 3 N–H and O–H groups in total. The van der Waals surface area contributed by atoms with E-state index in [1.54, 1.807) is 7.11 Å². The van der Waals surface area contributed by atoms with Crippen LogP contribution in [-0.4, -0.2) is 38.7 Å². The second-order valence-electron chi connectivity index (χ2n) is 7.84. The molecular formula is C25H36N4O3. The van der Waals surface area contributed by atoms with E-state index in [0.29, 0.717) is 26.3 Å². The van der Waals surface area contributed by atoms with Crippen LogP contribution in [0.2, 0.25) is 0 Å². The highest BCUT2D eigenvalue weighted by Gasteiger charge is 2.08. The number of nitrogens with one attached hydrogen (secondary N) is 3. The summed E-state index contributed by atoms with van der Waals surface area (Å²) in [7, 11) is 1.66. The highest BCUT2D eigenvalue weighted by Crippen LogP contribution is 2.20. The molecule has 0 fully saturated rings. The van der Waals surface area contributed by atoms with Crippen LogP contribution >= 0.6 is 0 Å². The first-order valence-corrected chi connectivity index (χ1v) is 11.1. The van der Waals surface area contributed by atoms with Crippen LogP contribution in [0.1, 0.15) is 37.5 Å². The predicted molar refractivity (Wildman–Crippen MR) is 130 cm³/mol. The summed E-state index contributed by atoms with van der Waals surface area (Å²) in [5.74, 6) is 1.54. The maximum atomic E-state index is 11.8. The smallest absolute Gasteiger partial charge is 0.226 e. The summed E-state index contributed by atoms with van der Waals surface area (Å²) in [6.45, 7) is 10.8. The van der Waals surface area contributed by atoms with Crippen LogP contribution < -0.4 is 20.7 Å². The van der Waals surface area contributed by atoms with E-state index in [0.717, 1.165) is 40.6 Å². The van der Waals surface area contributed by atoms with Crippen molar-refractivity contribution in [2.45, 2.75) is 40.8 Å². The number of aliphatic imine (C=N–C) groups is 1. The van der Waals surface area contributed by atoms with Crippen molar-refractivity contribution in [3.63, 3.8) is 0 Å². The Morgan fingerprint density at radius 2 is 1.81 bits per heavy atom. The van der Waals surface area contributed by atoms with E-state index in [-0.39, 0.29) is 11.8 Å². The van der Waals surface area contributed by atoms with E-state index in [9.17, 15) is 4.79 Å². The summed E-state index contributed by atoms with van der Waals surface area (Å²) in [6, 6.07) is 13.9. The second-order valence-corrected chi connectivity index (χ2v) is 7.84. The van der Waals surface area contributed by atoms with Crippen molar-refractivity contribution in [1.82, 2.24) is 10.6 Å². The lowest BCUT2D eigenvalue weighted by molar-refractivity contribution is -0.118. The number of anilines is 1. The third-order valence-corrected chi connectivity index (χ3v) is 4.72. The lowest BCUT2D eigenvalue weighted by Gasteiger charge is -2.15. The number of ether oxygens (including phenoxy) is 2. The number of rotatable bonds is 11. The van der Waals surface area contributed by atoms with Gasteiger partial charge in [0.2, 0.25) is 5.91 Å². The molecule has 0 aliphatic carbocycles. The highest BCUT2D eigenvalue weighted by atomic mass is 16.5. The number of aryl methyl sites for hydroxylation is 1. The summed E-state index contributed by atoms with van der Waals surface area (Å²) < 4.78 is 11.0. The molecule has 0 heterocycles. The molecule has 0 saturated carbocycles. The molecule has 7 nitrogen and oxygen atoms in total. The predicted octanol–water partition coefficient (Wildman–Crippen LogP) is 3.87. The Hall–Kier alpha value is -3.06. The van der Waals surface area contributed by atoms with Crippen LogP contribution in [0.25, 0.3) is 0 Å². The maximum Gasteiger partial charge on any atom is 0.226 e. The van der Waals surface area contributed by atoms with E-state index in [1.807, 2.05) is 58.0 Å². The molecule has 7 heteroatoms. The quantitative estimate of drug-likeness (QED) is 0.281. The van der Waals surface area contributed by atoms with Gasteiger partial charge in [-0.3, -0.25) is 4.79 Å². The largest absolute Gasteiger partial charge is 0.491 e. The van der Waals surface area contributed by atoms with Crippen LogP contribution in [0.15, 0.2) is 47.5 Å². The molecule has 0 radical (unpaired) electrons. The number of amides is 1. The molecule has 0 saturated heterocycles. The van der Waals surface area contributed by atoms with Crippen LogP contribution in [0.4, 0.5) is 5.69 Å². The van der Waals surface area contributed by atoms with Gasteiger partial charge >= 0.3 is 0 Å². The maximum absolute atomic E-state index is 11.8. The average molecular weight is 441 g/mol. The van der Waals surface area contributed by atoms with Gasteiger partial charge in [0.05, 0.1) is 13.2 Å². The van der Waals surface area contributed by atoms with Gasteiger partial charge in [-0.25, -0.2) is 4.99 Å². The Labute approximate surface area is 191 Å². The van der Waals surface area contributed by atoms with Crippen LogP contribution in [0.3, 0.4) is 0 Å². The van der Waals surface area contributed by atoms with Crippen LogP contribution in [0.5, 0.6) is 5.75 Å². The van der Waals surface area contributed by atoms with E-state index in [2.05, 4.69) is 33.1 Å². The first-order valence-electron chi connectivity index (χ1n) is 11.1. The summed E-state index contributed by atoms with van der Waals surface area (Å²) in [6.07, 6.45) is 0. The van der Waals surface area contributed by atoms with Crippen molar-refractivity contribution in [2.24, 2.45) is 10.9 Å². The number of methoxy groups -OCH3 is 1. The monoisotopic (exact) mass is 440 g/mol. The van der Waals surface area contributed by atoms with Gasteiger partial charge in [-0.15, -0.1) is 0 Å². The number of hydrogen-bond donors (Lipinski definition) is 3. The summed E-state index contributed by atoms with van der Waals surface area (Å²) in [4.78, 5) is 16.5. The topological polar surface area (TPSA) is 84.0 Å². The number of carbonyl (C=O) groups excluding carboxylic acids is 1. The lowest BCUT2D eigenvalue weighted by atomic mass is 10.1. The Kier molecular flexibility index (Phi) is 10.5. The molecule has 0 aliphatic rings.